The average molecular weight is 398 g/mol. The third-order valence-corrected chi connectivity index (χ3v) is 5.58. The van der Waals surface area contributed by atoms with Crippen molar-refractivity contribution in [3.8, 4) is 0 Å². The lowest BCUT2D eigenvalue weighted by Crippen LogP contribution is -2.43. The van der Waals surface area contributed by atoms with Gasteiger partial charge in [-0.3, -0.25) is 4.79 Å². The lowest BCUT2D eigenvalue weighted by Gasteiger charge is -2.24. The molecule has 1 aliphatic carbocycles. The lowest BCUT2D eigenvalue weighted by atomic mass is 9.76. The maximum Gasteiger partial charge on any atom is 0.245 e. The molecule has 29 heavy (non-hydrogen) atoms. The van der Waals surface area contributed by atoms with E-state index < -0.39 is 5.41 Å². The van der Waals surface area contributed by atoms with Crippen LogP contribution in [0.4, 0.5) is 5.69 Å². The molecule has 1 amide bonds. The van der Waals surface area contributed by atoms with Crippen molar-refractivity contribution in [3.63, 3.8) is 0 Å². The summed E-state index contributed by atoms with van der Waals surface area (Å²) in [6.07, 6.45) is 5.06. The van der Waals surface area contributed by atoms with E-state index in [1.807, 2.05) is 50.3 Å². The molecular weight excluding hydrogens is 372 g/mol. The monoisotopic (exact) mass is 398 g/mol. The van der Waals surface area contributed by atoms with E-state index in [4.69, 9.17) is 19.4 Å². The standard InChI is InChI=1S/C20H20N2O5.C2H6/c23-19-20(13-4-1-2-5-15(13)22(19)9-3-8-21-24)11-25-16-6-7-17-18(10-14(16)20)27-12-26-17;1-2/h1-2,4-5,7,10,21,24H,3,6,8-9,11-12H2;1-2H3. The SMILES string of the molecule is CC.O=C1N(CCCNO)c2ccccc2C12COC1=C2C=C2OCOC2=CC1. The number of allylic oxidation sites excluding steroid dienone is 2. The van der Waals surface area contributed by atoms with Gasteiger partial charge in [0, 0.05) is 30.8 Å². The molecule has 3 heterocycles. The summed E-state index contributed by atoms with van der Waals surface area (Å²) in [5.74, 6) is 2.15. The van der Waals surface area contributed by atoms with E-state index in [2.05, 4.69) is 5.48 Å². The van der Waals surface area contributed by atoms with Gasteiger partial charge < -0.3 is 24.3 Å². The van der Waals surface area contributed by atoms with Crippen molar-refractivity contribution in [2.24, 2.45) is 0 Å². The molecule has 3 aliphatic heterocycles. The van der Waals surface area contributed by atoms with Crippen LogP contribution in [0.5, 0.6) is 0 Å². The summed E-state index contributed by atoms with van der Waals surface area (Å²) in [6.45, 7) is 5.42. The Balaban J connectivity index is 0.000000994. The quantitative estimate of drug-likeness (QED) is 0.599. The fraction of sp³-hybridized carbons (Fsp3) is 0.409. The number of nitrogens with one attached hydrogen (secondary N) is 1. The summed E-state index contributed by atoms with van der Waals surface area (Å²) in [5, 5.41) is 8.86. The third-order valence-electron chi connectivity index (χ3n) is 5.58. The van der Waals surface area contributed by atoms with Crippen LogP contribution in [0.3, 0.4) is 0 Å². The van der Waals surface area contributed by atoms with Crippen LogP contribution in [-0.4, -0.2) is 37.6 Å². The van der Waals surface area contributed by atoms with Crippen molar-refractivity contribution >= 4 is 11.6 Å². The summed E-state index contributed by atoms with van der Waals surface area (Å²) in [5.41, 5.74) is 4.00. The molecule has 1 atom stereocenters. The molecule has 1 unspecified atom stereocenters. The van der Waals surface area contributed by atoms with Crippen LogP contribution < -0.4 is 10.4 Å². The summed E-state index contributed by atoms with van der Waals surface area (Å²) in [6, 6.07) is 7.86. The van der Waals surface area contributed by atoms with E-state index in [-0.39, 0.29) is 19.3 Å². The minimum Gasteiger partial charge on any atom is -0.495 e. The van der Waals surface area contributed by atoms with Crippen LogP contribution in [0.15, 0.2) is 59.3 Å². The van der Waals surface area contributed by atoms with Gasteiger partial charge in [0.05, 0.1) is 0 Å². The summed E-state index contributed by atoms with van der Waals surface area (Å²) in [7, 11) is 0. The van der Waals surface area contributed by atoms with Crippen molar-refractivity contribution < 1.29 is 24.2 Å². The summed E-state index contributed by atoms with van der Waals surface area (Å²) in [4.78, 5) is 15.5. The first-order valence-electron chi connectivity index (χ1n) is 10.1. The molecule has 2 N–H and O–H groups in total. The Bertz CT molecular complexity index is 904. The minimum absolute atomic E-state index is 0.00542. The topological polar surface area (TPSA) is 80.3 Å². The van der Waals surface area contributed by atoms with Crippen LogP contribution in [0.1, 0.15) is 32.3 Å². The summed E-state index contributed by atoms with van der Waals surface area (Å²) < 4.78 is 17.1. The van der Waals surface area contributed by atoms with Gasteiger partial charge in [0.2, 0.25) is 12.7 Å². The van der Waals surface area contributed by atoms with Gasteiger partial charge in [-0.05, 0) is 30.2 Å². The number of rotatable bonds is 4. The number of para-hydroxylation sites is 1. The number of benzene rings is 1. The number of hydrogen-bond acceptors (Lipinski definition) is 6. The van der Waals surface area contributed by atoms with Crippen LogP contribution in [0, 0.1) is 0 Å². The molecule has 1 fully saturated rings. The third kappa shape index (κ3) is 2.92. The Hall–Kier alpha value is -2.77. The predicted octanol–water partition coefficient (Wildman–Crippen LogP) is 3.13. The van der Waals surface area contributed by atoms with E-state index >= 15 is 0 Å². The van der Waals surface area contributed by atoms with Crippen LogP contribution in [-0.2, 0) is 24.4 Å². The van der Waals surface area contributed by atoms with Crippen molar-refractivity contribution in [1.82, 2.24) is 5.48 Å². The number of nitrogens with zero attached hydrogens (tertiary/aromatic N) is 1. The van der Waals surface area contributed by atoms with Gasteiger partial charge in [0.15, 0.2) is 11.5 Å². The first-order chi connectivity index (χ1) is 14.3. The lowest BCUT2D eigenvalue weighted by molar-refractivity contribution is -0.122. The molecule has 154 valence electrons. The number of anilines is 1. The van der Waals surface area contributed by atoms with Crippen LogP contribution in [0.2, 0.25) is 0 Å². The molecule has 0 bridgehead atoms. The second-order valence-electron chi connectivity index (χ2n) is 6.95. The fourth-order valence-electron chi connectivity index (χ4n) is 4.31. The molecule has 4 aliphatic rings. The number of carbonyl (C=O) groups is 1. The van der Waals surface area contributed by atoms with Gasteiger partial charge in [-0.25, -0.2) is 5.48 Å². The fourth-order valence-corrected chi connectivity index (χ4v) is 4.31. The molecule has 5 rings (SSSR count). The maximum atomic E-state index is 13.7. The second-order valence-corrected chi connectivity index (χ2v) is 6.95. The Morgan fingerprint density at radius 2 is 1.97 bits per heavy atom. The van der Waals surface area contributed by atoms with E-state index in [0.717, 1.165) is 22.6 Å². The van der Waals surface area contributed by atoms with Gasteiger partial charge in [-0.1, -0.05) is 32.0 Å². The number of carbonyl (C=O) groups excluding carboxylic acids is 1. The van der Waals surface area contributed by atoms with E-state index in [0.29, 0.717) is 37.4 Å². The van der Waals surface area contributed by atoms with Gasteiger partial charge >= 0.3 is 0 Å². The molecular formula is C22H26N2O5. The Morgan fingerprint density at radius 3 is 2.79 bits per heavy atom. The predicted molar refractivity (Wildman–Crippen MR) is 107 cm³/mol. The number of hydrogen-bond donors (Lipinski definition) is 2. The van der Waals surface area contributed by atoms with Gasteiger partial charge in [-0.15, -0.1) is 0 Å². The van der Waals surface area contributed by atoms with Crippen molar-refractivity contribution in [2.75, 3.05) is 31.4 Å². The normalized spacial score (nSPS) is 23.7. The van der Waals surface area contributed by atoms with Crippen molar-refractivity contribution in [2.45, 2.75) is 32.1 Å². The molecule has 1 aromatic carbocycles. The van der Waals surface area contributed by atoms with E-state index in [9.17, 15) is 4.79 Å². The number of ether oxygens (including phenoxy) is 3. The average Bonchev–Trinajstić information content (AvgIpc) is 3.39. The molecule has 7 heteroatoms. The highest BCUT2D eigenvalue weighted by atomic mass is 16.7. The first kappa shape index (κ1) is 19.5. The van der Waals surface area contributed by atoms with Crippen LogP contribution in [0.25, 0.3) is 0 Å². The zero-order chi connectivity index (χ0) is 20.4. The number of hydroxylamine groups is 1. The highest BCUT2D eigenvalue weighted by Gasteiger charge is 2.57. The maximum absolute atomic E-state index is 13.7. The van der Waals surface area contributed by atoms with Gasteiger partial charge in [-0.2, -0.15) is 0 Å². The molecule has 0 aromatic heterocycles. The second kappa shape index (κ2) is 7.93. The van der Waals surface area contributed by atoms with Crippen LogP contribution >= 0.6 is 0 Å². The zero-order valence-corrected chi connectivity index (χ0v) is 16.7. The minimum atomic E-state index is -0.860. The number of amides is 1. The smallest absolute Gasteiger partial charge is 0.245 e. The largest absolute Gasteiger partial charge is 0.495 e. The molecule has 1 spiro atoms. The molecule has 1 saturated heterocycles. The highest BCUT2D eigenvalue weighted by molar-refractivity contribution is 6.11. The summed E-state index contributed by atoms with van der Waals surface area (Å²) >= 11 is 0. The zero-order valence-electron chi connectivity index (χ0n) is 16.7. The van der Waals surface area contributed by atoms with Crippen molar-refractivity contribution in [1.29, 1.82) is 0 Å². The highest BCUT2D eigenvalue weighted by Crippen LogP contribution is 2.52. The first-order valence-corrected chi connectivity index (χ1v) is 10.1. The molecule has 7 nitrogen and oxygen atoms in total. The van der Waals surface area contributed by atoms with Crippen molar-refractivity contribution in [3.05, 3.63) is 64.8 Å². The molecule has 1 aromatic rings. The Morgan fingerprint density at radius 1 is 1.17 bits per heavy atom. The van der Waals surface area contributed by atoms with Gasteiger partial charge in [0.1, 0.15) is 17.8 Å². The Kier molecular flexibility index (Phi) is 5.34. The Labute approximate surface area is 170 Å². The van der Waals surface area contributed by atoms with E-state index in [1.54, 1.807) is 4.90 Å². The number of fused-ring (bicyclic) bond motifs is 4. The van der Waals surface area contributed by atoms with Gasteiger partial charge in [0.25, 0.3) is 0 Å². The van der Waals surface area contributed by atoms with E-state index in [1.165, 1.54) is 0 Å². The molecule has 0 radical (unpaired) electrons. The molecule has 0 saturated carbocycles.